The lowest BCUT2D eigenvalue weighted by Gasteiger charge is -2.26. The van der Waals surface area contributed by atoms with Crippen molar-refractivity contribution in [1.82, 2.24) is 9.97 Å². The van der Waals surface area contributed by atoms with Crippen LogP contribution in [0, 0.1) is 0 Å². The Morgan fingerprint density at radius 1 is 0.356 bits per heavy atom. The van der Waals surface area contributed by atoms with E-state index >= 15 is 0 Å². The first-order valence-electron chi connectivity index (χ1n) is 20.1. The summed E-state index contributed by atoms with van der Waals surface area (Å²) in [7, 11) is 0. The van der Waals surface area contributed by atoms with Crippen molar-refractivity contribution in [3.63, 3.8) is 0 Å². The number of para-hydroxylation sites is 1. The van der Waals surface area contributed by atoms with Crippen molar-refractivity contribution in [2.45, 2.75) is 19.3 Å². The summed E-state index contributed by atoms with van der Waals surface area (Å²) in [6, 6.07) is 67.6. The van der Waals surface area contributed by atoms with E-state index in [9.17, 15) is 0 Å². The van der Waals surface area contributed by atoms with Crippen molar-refractivity contribution in [2.75, 3.05) is 0 Å². The monoisotopic (exact) mass is 758 g/mol. The molecule has 0 atom stereocenters. The highest BCUT2D eigenvalue weighted by Crippen LogP contribution is 2.59. The molecule has 8 aromatic carbocycles. The van der Waals surface area contributed by atoms with Gasteiger partial charge in [0.05, 0.1) is 11.4 Å². The fourth-order valence-corrected chi connectivity index (χ4v) is 8.70. The van der Waals surface area contributed by atoms with Crippen LogP contribution in [-0.4, -0.2) is 9.97 Å². The Morgan fingerprint density at radius 3 is 1.58 bits per heavy atom. The Kier molecular flexibility index (Phi) is 8.12. The molecule has 1 aliphatic carbocycles. The number of ether oxygens (including phenoxy) is 2. The van der Waals surface area contributed by atoms with Gasteiger partial charge in [-0.3, -0.25) is 0 Å². The van der Waals surface area contributed by atoms with Crippen molar-refractivity contribution in [3.05, 3.63) is 205 Å². The Balaban J connectivity index is 0.982. The minimum atomic E-state index is -0.134. The zero-order chi connectivity index (χ0) is 39.5. The standard InChI is InChI=1S/C55H38N2O2/c1-55(2)45-21-10-9-19-44(45)51-46(55)31-32-50-53(51)59-49-22-12-20-43(52(49)58-50)41-17-11-18-42(33-41)48-34-47(39-27-23-37(24-28-39)35-13-5-3-6-14-35)56-54(57-48)40-29-25-38(26-30-40)36-15-7-4-8-16-36/h3-34H,1-2H3. The predicted octanol–water partition coefficient (Wildman–Crippen LogP) is 14.7. The molecule has 0 radical (unpaired) electrons. The molecule has 1 aliphatic heterocycles. The van der Waals surface area contributed by atoms with E-state index in [4.69, 9.17) is 19.4 Å². The summed E-state index contributed by atoms with van der Waals surface area (Å²) in [6.45, 7) is 4.55. The van der Waals surface area contributed by atoms with Gasteiger partial charge in [0.2, 0.25) is 0 Å². The summed E-state index contributed by atoms with van der Waals surface area (Å²) in [4.78, 5) is 10.4. The van der Waals surface area contributed by atoms with E-state index in [1.807, 2.05) is 24.3 Å². The third-order valence-corrected chi connectivity index (χ3v) is 11.8. The quantitative estimate of drug-likeness (QED) is 0.169. The van der Waals surface area contributed by atoms with Gasteiger partial charge >= 0.3 is 0 Å². The van der Waals surface area contributed by atoms with Crippen LogP contribution < -0.4 is 9.47 Å². The lowest BCUT2D eigenvalue weighted by Crippen LogP contribution is -2.15. The van der Waals surface area contributed by atoms with Crippen LogP contribution in [0.5, 0.6) is 23.0 Å². The summed E-state index contributed by atoms with van der Waals surface area (Å²) in [6.07, 6.45) is 0. The zero-order valence-corrected chi connectivity index (χ0v) is 32.7. The molecule has 2 heterocycles. The van der Waals surface area contributed by atoms with Gasteiger partial charge in [-0.2, -0.15) is 0 Å². The molecule has 59 heavy (non-hydrogen) atoms. The molecular formula is C55H38N2O2. The molecule has 2 aliphatic rings. The van der Waals surface area contributed by atoms with Gasteiger partial charge in [-0.25, -0.2) is 9.97 Å². The summed E-state index contributed by atoms with van der Waals surface area (Å²) in [5.41, 5.74) is 15.9. The molecule has 0 unspecified atom stereocenters. The summed E-state index contributed by atoms with van der Waals surface area (Å²) in [5.74, 6) is 3.55. The lowest BCUT2D eigenvalue weighted by atomic mass is 9.82. The maximum atomic E-state index is 6.80. The van der Waals surface area contributed by atoms with Crippen LogP contribution in [-0.2, 0) is 5.41 Å². The number of nitrogens with zero attached hydrogens (tertiary/aromatic N) is 2. The first-order chi connectivity index (χ1) is 29.0. The molecule has 0 spiro atoms. The van der Waals surface area contributed by atoms with Crippen LogP contribution in [0.2, 0.25) is 0 Å². The van der Waals surface area contributed by atoms with Crippen LogP contribution in [0.4, 0.5) is 0 Å². The van der Waals surface area contributed by atoms with Gasteiger partial charge in [0, 0.05) is 33.2 Å². The Morgan fingerprint density at radius 2 is 0.864 bits per heavy atom. The maximum absolute atomic E-state index is 6.80. The topological polar surface area (TPSA) is 44.2 Å². The van der Waals surface area contributed by atoms with Gasteiger partial charge in [-0.05, 0) is 68.8 Å². The van der Waals surface area contributed by atoms with Crippen LogP contribution in [0.15, 0.2) is 194 Å². The van der Waals surface area contributed by atoms with Crippen LogP contribution >= 0.6 is 0 Å². The Bertz CT molecular complexity index is 2940. The second-order valence-electron chi connectivity index (χ2n) is 15.8. The fourth-order valence-electron chi connectivity index (χ4n) is 8.70. The van der Waals surface area contributed by atoms with Crippen LogP contribution in [0.3, 0.4) is 0 Å². The van der Waals surface area contributed by atoms with Crippen molar-refractivity contribution in [3.8, 4) is 101 Å². The minimum absolute atomic E-state index is 0.134. The summed E-state index contributed by atoms with van der Waals surface area (Å²) in [5, 5.41) is 0. The van der Waals surface area contributed by atoms with Crippen molar-refractivity contribution in [1.29, 1.82) is 0 Å². The average molecular weight is 759 g/mol. The van der Waals surface area contributed by atoms with Gasteiger partial charge in [0.15, 0.2) is 28.8 Å². The van der Waals surface area contributed by atoms with Gasteiger partial charge < -0.3 is 9.47 Å². The second kappa shape index (κ2) is 13.8. The van der Waals surface area contributed by atoms with Crippen LogP contribution in [0.1, 0.15) is 25.0 Å². The van der Waals surface area contributed by atoms with E-state index in [1.165, 1.54) is 27.8 Å². The molecule has 0 saturated carbocycles. The van der Waals surface area contributed by atoms with Crippen LogP contribution in [0.25, 0.3) is 78.4 Å². The third-order valence-electron chi connectivity index (χ3n) is 11.8. The van der Waals surface area contributed by atoms with E-state index in [2.05, 4.69) is 184 Å². The highest BCUT2D eigenvalue weighted by atomic mass is 16.6. The predicted molar refractivity (Wildman–Crippen MR) is 239 cm³/mol. The smallest absolute Gasteiger partial charge is 0.178 e. The molecule has 0 amide bonds. The Labute approximate surface area is 344 Å². The highest BCUT2D eigenvalue weighted by Gasteiger charge is 2.39. The van der Waals surface area contributed by atoms with E-state index in [1.54, 1.807) is 0 Å². The van der Waals surface area contributed by atoms with Gasteiger partial charge in [-0.15, -0.1) is 0 Å². The van der Waals surface area contributed by atoms with E-state index in [-0.39, 0.29) is 5.41 Å². The summed E-state index contributed by atoms with van der Waals surface area (Å²) < 4.78 is 13.6. The normalized spacial score (nSPS) is 13.0. The molecule has 0 N–H and O–H groups in total. The average Bonchev–Trinajstić information content (AvgIpc) is 3.54. The second-order valence-corrected chi connectivity index (χ2v) is 15.8. The fraction of sp³-hybridized carbons (Fsp3) is 0.0545. The van der Waals surface area contributed by atoms with Gasteiger partial charge in [-0.1, -0.05) is 184 Å². The molecule has 4 heteroatoms. The lowest BCUT2D eigenvalue weighted by molar-refractivity contribution is 0.361. The maximum Gasteiger partial charge on any atom is 0.178 e. The highest BCUT2D eigenvalue weighted by molar-refractivity contribution is 5.89. The molecule has 4 nitrogen and oxygen atoms in total. The van der Waals surface area contributed by atoms with Gasteiger partial charge in [0.25, 0.3) is 0 Å². The summed E-state index contributed by atoms with van der Waals surface area (Å²) >= 11 is 0. The molecule has 11 rings (SSSR count). The number of rotatable bonds is 6. The molecule has 1 aromatic heterocycles. The van der Waals surface area contributed by atoms with E-state index in [0.29, 0.717) is 23.1 Å². The first kappa shape index (κ1) is 34.7. The number of hydrogen-bond donors (Lipinski definition) is 0. The van der Waals surface area contributed by atoms with Crippen molar-refractivity contribution < 1.29 is 9.47 Å². The minimum Gasteiger partial charge on any atom is -0.449 e. The molecular weight excluding hydrogens is 721 g/mol. The first-order valence-corrected chi connectivity index (χ1v) is 20.1. The number of aromatic nitrogens is 2. The van der Waals surface area contributed by atoms with Crippen molar-refractivity contribution in [2.24, 2.45) is 0 Å². The SMILES string of the molecule is CC1(C)c2ccccc2-c2c1ccc1c2Oc2cccc(-c3cccc(-c4cc(-c5ccc(-c6ccccc6)cc5)nc(-c5ccc(-c6ccccc6)cc5)n4)c3)c2O1. The number of hydrogen-bond acceptors (Lipinski definition) is 4. The van der Waals surface area contributed by atoms with E-state index in [0.717, 1.165) is 61.6 Å². The Hall–Kier alpha value is -7.56. The third kappa shape index (κ3) is 6.00. The van der Waals surface area contributed by atoms with E-state index < -0.39 is 0 Å². The molecule has 0 bridgehead atoms. The molecule has 9 aromatic rings. The number of benzene rings is 8. The molecule has 0 saturated heterocycles. The number of fused-ring (bicyclic) bond motifs is 6. The van der Waals surface area contributed by atoms with Crippen molar-refractivity contribution >= 4 is 0 Å². The molecule has 280 valence electrons. The molecule has 0 fully saturated rings. The largest absolute Gasteiger partial charge is 0.449 e. The zero-order valence-electron chi connectivity index (χ0n) is 32.7. The van der Waals surface area contributed by atoms with Gasteiger partial charge in [0.1, 0.15) is 0 Å².